The number of fused-ring (bicyclic) bond motifs is 2. The highest BCUT2D eigenvalue weighted by Gasteiger charge is 2.41. The minimum absolute atomic E-state index is 0.00264. The number of aromatic amines is 1. The number of ether oxygens (including phenoxy) is 3. The van der Waals surface area contributed by atoms with E-state index >= 15 is 0 Å². The molecule has 1 fully saturated rings. The summed E-state index contributed by atoms with van der Waals surface area (Å²) in [5.41, 5.74) is 8.33. The molecule has 1 saturated heterocycles. The van der Waals surface area contributed by atoms with Crippen molar-refractivity contribution in [2.75, 3.05) is 12.3 Å². The number of para-hydroxylation sites is 1. The first-order valence-electron chi connectivity index (χ1n) is 14.2. The van der Waals surface area contributed by atoms with Gasteiger partial charge in [0.15, 0.2) is 16.9 Å². The fraction of sp³-hybridized carbons (Fsp3) is 0.250. The number of imidazole rings is 1. The van der Waals surface area contributed by atoms with Crippen LogP contribution in [0.25, 0.3) is 39.5 Å². The Kier molecular flexibility index (Phi) is 7.77. The van der Waals surface area contributed by atoms with Gasteiger partial charge in [0.25, 0.3) is 5.56 Å². The van der Waals surface area contributed by atoms with E-state index in [2.05, 4.69) is 15.0 Å². The maximum absolute atomic E-state index is 13.4. The monoisotopic (exact) mass is 610 g/mol. The standard InChI is InChI=1S/C32H30N6O7/c1-17(39)43-16-26-25(44-18(2)40)14-27(45-26)38-29(34-28-30(38)35-32(33)36-31(28)42)20-8-6-7-19(13-20)24(41)12-11-21-15-37(3)23-10-5-4-9-22(21)23/h4-13,15,25-27H,14,16H2,1-3H3,(H3,33,35,36,42)/b12-11+/t25-,26+,27+/m0/s1. The number of nitrogens with two attached hydrogens (primary N) is 1. The summed E-state index contributed by atoms with van der Waals surface area (Å²) >= 11 is 0. The third-order valence-corrected chi connectivity index (χ3v) is 7.55. The number of aryl methyl sites for hydroxylation is 1. The maximum Gasteiger partial charge on any atom is 0.303 e. The zero-order valence-electron chi connectivity index (χ0n) is 24.7. The van der Waals surface area contributed by atoms with Crippen molar-refractivity contribution in [3.63, 3.8) is 0 Å². The van der Waals surface area contributed by atoms with E-state index in [1.807, 2.05) is 42.1 Å². The number of nitrogens with one attached hydrogen (secondary N) is 1. The minimum atomic E-state index is -0.839. The average molecular weight is 611 g/mol. The smallest absolute Gasteiger partial charge is 0.303 e. The molecule has 6 rings (SSSR count). The number of aromatic nitrogens is 5. The molecule has 3 aromatic heterocycles. The van der Waals surface area contributed by atoms with Crippen LogP contribution in [-0.4, -0.2) is 60.6 Å². The number of allylic oxidation sites excluding steroid dienone is 1. The summed E-state index contributed by atoms with van der Waals surface area (Å²) < 4.78 is 20.4. The van der Waals surface area contributed by atoms with Crippen LogP contribution in [0.15, 0.2) is 65.6 Å². The minimum Gasteiger partial charge on any atom is -0.463 e. The van der Waals surface area contributed by atoms with Gasteiger partial charge in [-0.05, 0) is 24.3 Å². The Morgan fingerprint density at radius 3 is 2.69 bits per heavy atom. The van der Waals surface area contributed by atoms with Crippen LogP contribution in [0, 0.1) is 0 Å². The number of H-pyrrole nitrogens is 1. The van der Waals surface area contributed by atoms with Gasteiger partial charge in [-0.2, -0.15) is 4.98 Å². The van der Waals surface area contributed by atoms with Gasteiger partial charge in [-0.15, -0.1) is 0 Å². The van der Waals surface area contributed by atoms with E-state index in [4.69, 9.17) is 19.9 Å². The van der Waals surface area contributed by atoms with Gasteiger partial charge >= 0.3 is 11.9 Å². The van der Waals surface area contributed by atoms with Crippen LogP contribution in [-0.2, 0) is 30.8 Å². The first kappa shape index (κ1) is 29.5. The highest BCUT2D eigenvalue weighted by atomic mass is 16.6. The molecule has 0 saturated carbocycles. The van der Waals surface area contributed by atoms with Crippen LogP contribution in [0.1, 0.15) is 42.4 Å². The van der Waals surface area contributed by atoms with Crippen molar-refractivity contribution < 1.29 is 28.6 Å². The van der Waals surface area contributed by atoms with Gasteiger partial charge in [0.2, 0.25) is 5.95 Å². The molecule has 0 bridgehead atoms. The number of nitrogens with zero attached hydrogens (tertiary/aromatic N) is 4. The van der Waals surface area contributed by atoms with Gasteiger partial charge in [-0.25, -0.2) is 4.98 Å². The van der Waals surface area contributed by atoms with E-state index in [-0.39, 0.29) is 41.7 Å². The lowest BCUT2D eigenvalue weighted by atomic mass is 10.1. The van der Waals surface area contributed by atoms with Crippen LogP contribution >= 0.6 is 0 Å². The molecule has 1 aliphatic heterocycles. The zero-order chi connectivity index (χ0) is 31.8. The van der Waals surface area contributed by atoms with Crippen molar-refractivity contribution in [1.82, 2.24) is 24.1 Å². The van der Waals surface area contributed by atoms with Crippen LogP contribution in [0.2, 0.25) is 0 Å². The first-order chi connectivity index (χ1) is 21.6. The predicted octanol–water partition coefficient (Wildman–Crippen LogP) is 3.54. The van der Waals surface area contributed by atoms with E-state index in [1.54, 1.807) is 34.9 Å². The van der Waals surface area contributed by atoms with Crippen molar-refractivity contribution in [3.8, 4) is 11.4 Å². The van der Waals surface area contributed by atoms with Gasteiger partial charge in [0.05, 0.1) is 0 Å². The number of anilines is 1. The van der Waals surface area contributed by atoms with E-state index in [0.717, 1.165) is 16.5 Å². The topological polar surface area (TPSA) is 173 Å². The van der Waals surface area contributed by atoms with Crippen LogP contribution < -0.4 is 11.3 Å². The molecule has 0 amide bonds. The predicted molar refractivity (Wildman–Crippen MR) is 165 cm³/mol. The number of ketones is 1. The Morgan fingerprint density at radius 2 is 1.91 bits per heavy atom. The number of rotatable bonds is 8. The van der Waals surface area contributed by atoms with Crippen molar-refractivity contribution >= 4 is 51.8 Å². The van der Waals surface area contributed by atoms with Gasteiger partial charge in [-0.3, -0.25) is 28.7 Å². The molecule has 5 aromatic rings. The van der Waals surface area contributed by atoms with Crippen molar-refractivity contribution in [3.05, 3.63) is 82.3 Å². The zero-order valence-corrected chi connectivity index (χ0v) is 24.7. The Hall–Kier alpha value is -5.56. The number of carbonyl (C=O) groups excluding carboxylic acids is 3. The summed E-state index contributed by atoms with van der Waals surface area (Å²) in [6.07, 6.45) is 3.01. The van der Waals surface area contributed by atoms with Crippen molar-refractivity contribution in [2.24, 2.45) is 7.05 Å². The Bertz CT molecular complexity index is 2060. The second-order valence-corrected chi connectivity index (χ2v) is 10.7. The van der Waals surface area contributed by atoms with E-state index in [9.17, 15) is 19.2 Å². The second kappa shape index (κ2) is 11.8. The molecule has 0 spiro atoms. The Morgan fingerprint density at radius 1 is 1.11 bits per heavy atom. The molecule has 3 atom stereocenters. The summed E-state index contributed by atoms with van der Waals surface area (Å²) in [5.74, 6) is -1.14. The second-order valence-electron chi connectivity index (χ2n) is 10.7. The molecule has 13 nitrogen and oxygen atoms in total. The maximum atomic E-state index is 13.4. The summed E-state index contributed by atoms with van der Waals surface area (Å²) in [6.45, 7) is 2.38. The number of carbonyl (C=O) groups is 3. The lowest BCUT2D eigenvalue weighted by Crippen LogP contribution is -2.31. The quantitative estimate of drug-likeness (QED) is 0.150. The molecule has 2 aromatic carbocycles. The number of hydrogen-bond acceptors (Lipinski definition) is 10. The summed E-state index contributed by atoms with van der Waals surface area (Å²) in [6, 6.07) is 14.7. The third-order valence-electron chi connectivity index (χ3n) is 7.55. The number of hydrogen-bond donors (Lipinski definition) is 2. The highest BCUT2D eigenvalue weighted by molar-refractivity contribution is 6.08. The lowest BCUT2D eigenvalue weighted by molar-refractivity contribution is -0.155. The van der Waals surface area contributed by atoms with E-state index in [0.29, 0.717) is 11.1 Å². The van der Waals surface area contributed by atoms with Crippen molar-refractivity contribution in [2.45, 2.75) is 38.7 Å². The van der Waals surface area contributed by atoms with Crippen LogP contribution in [0.3, 0.4) is 0 Å². The van der Waals surface area contributed by atoms with Gasteiger partial charge in [0.1, 0.15) is 30.9 Å². The summed E-state index contributed by atoms with van der Waals surface area (Å²) in [5, 5.41) is 1.03. The fourth-order valence-corrected chi connectivity index (χ4v) is 5.60. The van der Waals surface area contributed by atoms with Crippen LogP contribution in [0.4, 0.5) is 5.95 Å². The Labute approximate surface area is 256 Å². The van der Waals surface area contributed by atoms with Crippen LogP contribution in [0.5, 0.6) is 0 Å². The molecule has 4 heterocycles. The largest absolute Gasteiger partial charge is 0.463 e. The lowest BCUT2D eigenvalue weighted by Gasteiger charge is -2.18. The molecule has 230 valence electrons. The molecule has 1 aliphatic rings. The normalized spacial score (nSPS) is 18.2. The molecule has 45 heavy (non-hydrogen) atoms. The SMILES string of the molecule is CC(=O)OC[C@H]1O[C@@H](n2c(-c3cccc(C(=O)/C=C/c4cn(C)c5ccccc45)c3)nc3c(=O)[nH]c(N)nc32)C[C@@H]1OC(C)=O. The molecule has 3 N–H and O–H groups in total. The van der Waals surface area contributed by atoms with Gasteiger partial charge in [-0.1, -0.05) is 36.4 Å². The highest BCUT2D eigenvalue weighted by Crippen LogP contribution is 2.37. The molecular formula is C32H30N6O7. The number of esters is 2. The summed E-state index contributed by atoms with van der Waals surface area (Å²) in [4.78, 5) is 60.9. The molecular weight excluding hydrogens is 580 g/mol. The van der Waals surface area contributed by atoms with Crippen molar-refractivity contribution in [1.29, 1.82) is 0 Å². The number of benzene rings is 2. The third kappa shape index (κ3) is 5.85. The van der Waals surface area contributed by atoms with Gasteiger partial charge in [0, 0.05) is 61.1 Å². The average Bonchev–Trinajstić information content (AvgIpc) is 3.68. The molecule has 0 unspecified atom stereocenters. The van der Waals surface area contributed by atoms with E-state index < -0.39 is 35.9 Å². The first-order valence-corrected chi connectivity index (χ1v) is 14.2. The fourth-order valence-electron chi connectivity index (χ4n) is 5.60. The molecule has 0 aliphatic carbocycles. The van der Waals surface area contributed by atoms with Gasteiger partial charge < -0.3 is 24.5 Å². The summed E-state index contributed by atoms with van der Waals surface area (Å²) in [7, 11) is 1.95. The molecule has 13 heteroatoms. The Balaban J connectivity index is 1.38. The number of nitrogen functional groups attached to an aromatic ring is 1. The molecule has 0 radical (unpaired) electrons. The van der Waals surface area contributed by atoms with E-state index in [1.165, 1.54) is 19.9 Å².